The van der Waals surface area contributed by atoms with Crippen molar-refractivity contribution in [3.63, 3.8) is 0 Å². The maximum atomic E-state index is 13.7. The zero-order chi connectivity index (χ0) is 48.3. The summed E-state index contributed by atoms with van der Waals surface area (Å²) < 4.78 is 37.1. The van der Waals surface area contributed by atoms with Crippen molar-refractivity contribution < 1.29 is 41.9 Å². The third kappa shape index (κ3) is 10.3. The van der Waals surface area contributed by atoms with Crippen LogP contribution < -0.4 is 26.2 Å². The molecule has 0 unspecified atom stereocenters. The minimum atomic E-state index is -4.08. The van der Waals surface area contributed by atoms with Crippen LogP contribution in [0.25, 0.3) is 22.1 Å². The smallest absolute Gasteiger partial charge is 0.276 e. The number of imide groups is 1. The quantitative estimate of drug-likeness (QED) is 0.0514. The fraction of sp³-hybridized carbons (Fsp3) is 0.302. The van der Waals surface area contributed by atoms with Gasteiger partial charge in [0.1, 0.15) is 22.7 Å². The third-order valence-electron chi connectivity index (χ3n) is 10.8. The van der Waals surface area contributed by atoms with E-state index in [0.717, 1.165) is 17.1 Å². The lowest BCUT2D eigenvalue weighted by atomic mass is 10.1. The van der Waals surface area contributed by atoms with Crippen LogP contribution in [-0.4, -0.2) is 119 Å². The van der Waals surface area contributed by atoms with E-state index in [0.29, 0.717) is 41.1 Å². The number of allylic oxidation sites excluding steroid dienone is 2. The number of aromatic nitrogens is 8. The van der Waals surface area contributed by atoms with Crippen LogP contribution in [0.2, 0.25) is 0 Å². The van der Waals surface area contributed by atoms with Gasteiger partial charge in [-0.25, -0.2) is 23.5 Å². The van der Waals surface area contributed by atoms with Crippen LogP contribution in [-0.2, 0) is 51.1 Å². The van der Waals surface area contributed by atoms with Crippen LogP contribution in [0.4, 0.5) is 11.9 Å². The van der Waals surface area contributed by atoms with E-state index in [-0.39, 0.29) is 89.9 Å². The Kier molecular flexibility index (Phi) is 13.5. The molecule has 0 atom stereocenters. The number of primary sulfonamides is 1. The Bertz CT molecular complexity index is 3140. The third-order valence-corrected chi connectivity index (χ3v) is 11.7. The molecule has 4 aromatic heterocycles. The van der Waals surface area contributed by atoms with Crippen LogP contribution in [0.3, 0.4) is 0 Å². The summed E-state index contributed by atoms with van der Waals surface area (Å²) in [5, 5.41) is 19.7. The highest BCUT2D eigenvalue weighted by molar-refractivity contribution is 7.89. The van der Waals surface area contributed by atoms with Crippen molar-refractivity contribution in [1.82, 2.24) is 48.5 Å². The summed E-state index contributed by atoms with van der Waals surface area (Å²) >= 11 is 0. The summed E-state index contributed by atoms with van der Waals surface area (Å²) in [4.78, 5) is 88.0. The molecular formula is C43H48N14O9S. The van der Waals surface area contributed by atoms with Gasteiger partial charge in [-0.3, -0.25) is 53.7 Å². The van der Waals surface area contributed by atoms with E-state index >= 15 is 0 Å². The topological polar surface area (TPSA) is 300 Å². The van der Waals surface area contributed by atoms with Gasteiger partial charge in [0.25, 0.3) is 23.6 Å². The molecule has 6 N–H and O–H groups in total. The molecule has 1 aliphatic rings. The summed E-state index contributed by atoms with van der Waals surface area (Å²) in [7, 11) is -0.860. The highest BCUT2D eigenvalue weighted by Crippen LogP contribution is 2.32. The second-order valence-corrected chi connectivity index (χ2v) is 17.1. The molecule has 5 heterocycles. The Morgan fingerprint density at radius 2 is 1.48 bits per heavy atom. The van der Waals surface area contributed by atoms with Crippen LogP contribution in [0.1, 0.15) is 62.5 Å². The van der Waals surface area contributed by atoms with Gasteiger partial charge in [-0.15, -0.1) is 0 Å². The standard InChI is InChI=1S/C43H48N14O9S/c1-6-57-33(21-26(3)51-57)41(63)49-42-46-29-24-28(67(45,64)65)10-11-31(29)54(42)16-7-8-17-56-38-30(47-43(56)48-40(62)32-20-25(2)50-53(32)5)22-27(39(44)61)23-34(38)66-19-9-15-52(4)35(58)14-18-55-36(59)12-13-37(55)60/h7-8,10-13,20-24H,6,9,14-19H2,1-5H3,(H2,44,61)(H2,45,64,65)(H,46,49,63)(H,47,48,62). The van der Waals surface area contributed by atoms with Crippen LogP contribution in [0.15, 0.2) is 71.7 Å². The number of ether oxygens (including phenoxy) is 1. The van der Waals surface area contributed by atoms with Crippen LogP contribution in [0.5, 0.6) is 5.75 Å². The average molecular weight is 937 g/mol. The van der Waals surface area contributed by atoms with Crippen molar-refractivity contribution >= 4 is 79.4 Å². The van der Waals surface area contributed by atoms with E-state index in [9.17, 15) is 37.2 Å². The van der Waals surface area contributed by atoms with Gasteiger partial charge in [0.15, 0.2) is 0 Å². The number of carbonyl (C=O) groups excluding carboxylic acids is 6. The number of aryl methyl sites for hydroxylation is 4. The maximum absolute atomic E-state index is 13.7. The van der Waals surface area contributed by atoms with Crippen molar-refractivity contribution in [3.05, 3.63) is 95.1 Å². The number of anilines is 2. The number of hydrogen-bond donors (Lipinski definition) is 4. The lowest BCUT2D eigenvalue weighted by molar-refractivity contribution is -0.138. The minimum Gasteiger partial charge on any atom is -0.491 e. The Morgan fingerprint density at radius 1 is 0.851 bits per heavy atom. The number of nitrogens with one attached hydrogen (secondary N) is 2. The van der Waals surface area contributed by atoms with E-state index in [1.54, 1.807) is 66.0 Å². The normalized spacial score (nSPS) is 12.8. The van der Waals surface area contributed by atoms with Crippen LogP contribution >= 0.6 is 0 Å². The summed E-state index contributed by atoms with van der Waals surface area (Å²) in [6.07, 6.45) is 6.12. The Hall–Kier alpha value is -7.99. The van der Waals surface area contributed by atoms with E-state index in [1.165, 1.54) is 39.9 Å². The zero-order valence-corrected chi connectivity index (χ0v) is 38.0. The predicted molar refractivity (Wildman–Crippen MR) is 243 cm³/mol. The van der Waals surface area contributed by atoms with Crippen molar-refractivity contribution in [2.24, 2.45) is 17.9 Å². The number of carbonyl (C=O) groups is 6. The fourth-order valence-corrected chi connectivity index (χ4v) is 8.00. The summed E-state index contributed by atoms with van der Waals surface area (Å²) in [5.41, 5.74) is 9.00. The molecule has 6 amide bonds. The van der Waals surface area contributed by atoms with Crippen molar-refractivity contribution in [2.75, 3.05) is 37.4 Å². The van der Waals surface area contributed by atoms with Gasteiger partial charge in [0.2, 0.25) is 33.7 Å². The molecule has 0 fully saturated rings. The molecule has 1 aliphatic heterocycles. The number of sulfonamides is 1. The molecule has 7 rings (SSSR count). The van der Waals surface area contributed by atoms with Gasteiger partial charge in [-0.2, -0.15) is 10.2 Å². The highest BCUT2D eigenvalue weighted by atomic mass is 32.2. The van der Waals surface area contributed by atoms with Crippen molar-refractivity contribution in [3.8, 4) is 5.75 Å². The lowest BCUT2D eigenvalue weighted by Gasteiger charge is -2.19. The van der Waals surface area contributed by atoms with Gasteiger partial charge in [-0.1, -0.05) is 12.2 Å². The molecule has 23 nitrogen and oxygen atoms in total. The molecule has 0 saturated carbocycles. The Morgan fingerprint density at radius 3 is 2.12 bits per heavy atom. The highest BCUT2D eigenvalue weighted by Gasteiger charge is 2.25. The number of benzene rings is 2. The second kappa shape index (κ2) is 19.2. The molecule has 0 aliphatic carbocycles. The van der Waals surface area contributed by atoms with E-state index < -0.39 is 39.6 Å². The maximum Gasteiger partial charge on any atom is 0.276 e. The zero-order valence-electron chi connectivity index (χ0n) is 37.2. The van der Waals surface area contributed by atoms with Crippen molar-refractivity contribution in [2.45, 2.75) is 58.1 Å². The van der Waals surface area contributed by atoms with Gasteiger partial charge >= 0.3 is 0 Å². The minimum absolute atomic E-state index is 0.0512. The molecule has 67 heavy (non-hydrogen) atoms. The number of nitrogens with zero attached hydrogens (tertiary/aromatic N) is 10. The Labute approximate surface area is 383 Å². The monoisotopic (exact) mass is 936 g/mol. The average Bonchev–Trinajstić information content (AvgIpc) is 4.08. The van der Waals surface area contributed by atoms with Crippen LogP contribution in [0, 0.1) is 13.8 Å². The van der Waals surface area contributed by atoms with Gasteiger partial charge in [0, 0.05) is 71.0 Å². The van der Waals surface area contributed by atoms with Gasteiger partial charge < -0.3 is 24.5 Å². The van der Waals surface area contributed by atoms with E-state index in [4.69, 9.17) is 20.6 Å². The SMILES string of the molecule is CCn1nc(C)cc1C(=O)Nc1nc2cc(S(N)(=O)=O)ccc2n1CC=CCn1c(NC(=O)c2cc(C)nn2C)nc2cc(C(N)=O)cc(OCCCN(C)C(=O)CCN3C(=O)C=CC3=O)c21. The fourth-order valence-electron chi connectivity index (χ4n) is 7.46. The number of primary amides is 1. The van der Waals surface area contributed by atoms with Gasteiger partial charge in [-0.05, 0) is 69.7 Å². The lowest BCUT2D eigenvalue weighted by Crippen LogP contribution is -2.36. The molecular weight excluding hydrogens is 889 g/mol. The molecule has 24 heteroatoms. The van der Waals surface area contributed by atoms with E-state index in [1.807, 2.05) is 6.92 Å². The first-order valence-corrected chi connectivity index (χ1v) is 22.5. The summed E-state index contributed by atoms with van der Waals surface area (Å²) in [6.45, 7) is 6.23. The van der Waals surface area contributed by atoms with Gasteiger partial charge in [0.05, 0.1) is 39.4 Å². The first kappa shape index (κ1) is 47.0. The number of amides is 6. The number of nitrogens with two attached hydrogens (primary N) is 2. The number of hydrogen-bond acceptors (Lipinski definition) is 13. The number of rotatable bonds is 19. The summed E-state index contributed by atoms with van der Waals surface area (Å²) in [6, 6.07) is 10.4. The molecule has 0 radical (unpaired) electrons. The van der Waals surface area contributed by atoms with Crippen molar-refractivity contribution in [1.29, 1.82) is 0 Å². The largest absolute Gasteiger partial charge is 0.491 e. The molecule has 0 saturated heterocycles. The molecule has 350 valence electrons. The van der Waals surface area contributed by atoms with E-state index in [2.05, 4.69) is 25.8 Å². The Balaban J connectivity index is 1.17. The molecule has 6 aromatic rings. The molecule has 2 aromatic carbocycles. The second-order valence-electron chi connectivity index (χ2n) is 15.6. The molecule has 0 bridgehead atoms. The molecule has 0 spiro atoms. The summed E-state index contributed by atoms with van der Waals surface area (Å²) in [5.74, 6) is -2.60. The number of imidazole rings is 2. The first-order chi connectivity index (χ1) is 31.8. The number of fused-ring (bicyclic) bond motifs is 2. The first-order valence-electron chi connectivity index (χ1n) is 20.9. The predicted octanol–water partition coefficient (Wildman–Crippen LogP) is 2.00.